The van der Waals surface area contributed by atoms with Gasteiger partial charge >= 0.3 is 0 Å². The minimum Gasteiger partial charge on any atom is -0.394 e. The van der Waals surface area contributed by atoms with Crippen LogP contribution < -0.4 is 10.6 Å². The Morgan fingerprint density at radius 2 is 2.00 bits per heavy atom. The lowest BCUT2D eigenvalue weighted by Gasteiger charge is -2.41. The zero-order valence-electron chi connectivity index (χ0n) is 10.1. The van der Waals surface area contributed by atoms with Crippen molar-refractivity contribution in [1.82, 2.24) is 5.32 Å². The Balaban J connectivity index is 1.80. The molecule has 18 heavy (non-hydrogen) atoms. The lowest BCUT2D eigenvalue weighted by molar-refractivity contribution is -0.116. The van der Waals surface area contributed by atoms with E-state index in [0.29, 0.717) is 5.69 Å². The number of carbonyl (C=O) groups is 1. The van der Waals surface area contributed by atoms with Crippen LogP contribution in [0.3, 0.4) is 0 Å². The van der Waals surface area contributed by atoms with Crippen LogP contribution in [0.1, 0.15) is 19.3 Å². The van der Waals surface area contributed by atoms with Crippen LogP contribution >= 0.6 is 0 Å². The number of hydrogen-bond donors (Lipinski definition) is 3. The Morgan fingerprint density at radius 3 is 2.50 bits per heavy atom. The highest BCUT2D eigenvalue weighted by Crippen LogP contribution is 2.30. The minimum atomic E-state index is -0.333. The number of benzene rings is 1. The van der Waals surface area contributed by atoms with Crippen molar-refractivity contribution in [3.63, 3.8) is 0 Å². The maximum Gasteiger partial charge on any atom is 0.238 e. The van der Waals surface area contributed by atoms with Crippen LogP contribution in [0, 0.1) is 5.82 Å². The zero-order valence-corrected chi connectivity index (χ0v) is 10.1. The smallest absolute Gasteiger partial charge is 0.238 e. The third kappa shape index (κ3) is 3.05. The molecule has 0 unspecified atom stereocenters. The standard InChI is InChI=1S/C13H17FN2O2/c14-10-2-4-11(5-3-10)16-12(18)8-15-13(9-17)6-1-7-13/h2-5,15,17H,1,6-9H2,(H,16,18). The molecule has 1 amide bonds. The van der Waals surface area contributed by atoms with Gasteiger partial charge in [-0.1, -0.05) is 0 Å². The van der Waals surface area contributed by atoms with E-state index in [-0.39, 0.29) is 30.4 Å². The number of halogens is 1. The van der Waals surface area contributed by atoms with E-state index < -0.39 is 0 Å². The molecule has 0 aliphatic heterocycles. The van der Waals surface area contributed by atoms with Crippen LogP contribution in [0.2, 0.25) is 0 Å². The Labute approximate surface area is 105 Å². The maximum atomic E-state index is 12.7. The summed E-state index contributed by atoms with van der Waals surface area (Å²) in [5, 5.41) is 15.0. The average molecular weight is 252 g/mol. The molecule has 0 saturated heterocycles. The van der Waals surface area contributed by atoms with E-state index in [1.807, 2.05) is 0 Å². The summed E-state index contributed by atoms with van der Waals surface area (Å²) in [6.45, 7) is 0.203. The molecule has 3 N–H and O–H groups in total. The molecule has 0 aromatic heterocycles. The molecule has 2 rings (SSSR count). The minimum absolute atomic E-state index is 0.0524. The summed E-state index contributed by atoms with van der Waals surface area (Å²) in [4.78, 5) is 11.7. The topological polar surface area (TPSA) is 61.4 Å². The molecule has 4 nitrogen and oxygen atoms in total. The normalized spacial score (nSPS) is 17.0. The first-order valence-electron chi connectivity index (χ1n) is 6.05. The second-order valence-electron chi connectivity index (χ2n) is 4.70. The fourth-order valence-corrected chi connectivity index (χ4v) is 2.00. The summed E-state index contributed by atoms with van der Waals surface area (Å²) in [6.07, 6.45) is 2.87. The van der Waals surface area contributed by atoms with Crippen LogP contribution in [0.15, 0.2) is 24.3 Å². The van der Waals surface area contributed by atoms with Gasteiger partial charge in [0.2, 0.25) is 5.91 Å². The van der Waals surface area contributed by atoms with Gasteiger partial charge in [0.1, 0.15) is 5.82 Å². The third-order valence-electron chi connectivity index (χ3n) is 3.37. The van der Waals surface area contributed by atoms with Crippen molar-refractivity contribution in [2.75, 3.05) is 18.5 Å². The van der Waals surface area contributed by atoms with Gasteiger partial charge in [-0.15, -0.1) is 0 Å². The molecule has 1 aliphatic carbocycles. The highest BCUT2D eigenvalue weighted by Gasteiger charge is 2.35. The molecule has 1 saturated carbocycles. The Bertz CT molecular complexity index is 410. The summed E-state index contributed by atoms with van der Waals surface area (Å²) in [5.74, 6) is -0.527. The van der Waals surface area contributed by atoms with E-state index in [2.05, 4.69) is 10.6 Å². The molecule has 0 radical (unpaired) electrons. The van der Waals surface area contributed by atoms with Gasteiger partial charge in [0.05, 0.1) is 13.2 Å². The van der Waals surface area contributed by atoms with Crippen molar-refractivity contribution < 1.29 is 14.3 Å². The van der Waals surface area contributed by atoms with Crippen LogP contribution in [-0.2, 0) is 4.79 Å². The monoisotopic (exact) mass is 252 g/mol. The van der Waals surface area contributed by atoms with Gasteiger partial charge in [-0.05, 0) is 43.5 Å². The van der Waals surface area contributed by atoms with Crippen molar-refractivity contribution in [1.29, 1.82) is 0 Å². The molecule has 0 heterocycles. The lowest BCUT2D eigenvalue weighted by atomic mass is 9.77. The number of anilines is 1. The molecule has 5 heteroatoms. The van der Waals surface area contributed by atoms with Crippen LogP contribution in [0.5, 0.6) is 0 Å². The molecule has 0 atom stereocenters. The first-order chi connectivity index (χ1) is 8.63. The summed E-state index contributed by atoms with van der Waals surface area (Å²) in [5.41, 5.74) is 0.287. The van der Waals surface area contributed by atoms with E-state index in [4.69, 9.17) is 0 Å². The van der Waals surface area contributed by atoms with Crippen LogP contribution in [-0.4, -0.2) is 29.7 Å². The van der Waals surface area contributed by atoms with Crippen LogP contribution in [0.4, 0.5) is 10.1 Å². The molecule has 0 spiro atoms. The number of rotatable bonds is 5. The highest BCUT2D eigenvalue weighted by molar-refractivity contribution is 5.92. The van der Waals surface area contributed by atoms with Crippen LogP contribution in [0.25, 0.3) is 0 Å². The number of amides is 1. The van der Waals surface area contributed by atoms with Gasteiger partial charge in [-0.2, -0.15) is 0 Å². The van der Waals surface area contributed by atoms with Crippen molar-refractivity contribution in [3.05, 3.63) is 30.1 Å². The Hall–Kier alpha value is -1.46. The van der Waals surface area contributed by atoms with Gasteiger partial charge in [0.15, 0.2) is 0 Å². The van der Waals surface area contributed by atoms with E-state index >= 15 is 0 Å². The number of hydrogen-bond acceptors (Lipinski definition) is 3. The molecular formula is C13H17FN2O2. The Kier molecular flexibility index (Phi) is 3.93. The first-order valence-corrected chi connectivity index (χ1v) is 6.05. The molecule has 1 aliphatic rings. The quantitative estimate of drug-likeness (QED) is 0.739. The second kappa shape index (κ2) is 5.46. The summed E-state index contributed by atoms with van der Waals surface area (Å²) in [6, 6.07) is 5.62. The molecule has 98 valence electrons. The van der Waals surface area contributed by atoms with Crippen molar-refractivity contribution >= 4 is 11.6 Å². The molecule has 0 bridgehead atoms. The van der Waals surface area contributed by atoms with Gasteiger partial charge in [-0.25, -0.2) is 4.39 Å². The fourth-order valence-electron chi connectivity index (χ4n) is 2.00. The summed E-state index contributed by atoms with van der Waals surface area (Å²) < 4.78 is 12.7. The van der Waals surface area contributed by atoms with Crippen molar-refractivity contribution in [2.45, 2.75) is 24.8 Å². The number of aliphatic hydroxyl groups is 1. The third-order valence-corrected chi connectivity index (χ3v) is 3.37. The fraction of sp³-hybridized carbons (Fsp3) is 0.462. The maximum absolute atomic E-state index is 12.7. The predicted octanol–water partition coefficient (Wildman–Crippen LogP) is 1.27. The highest BCUT2D eigenvalue weighted by atomic mass is 19.1. The number of aliphatic hydroxyl groups excluding tert-OH is 1. The molecule has 1 aromatic rings. The van der Waals surface area contributed by atoms with Gasteiger partial charge < -0.3 is 15.7 Å². The zero-order chi connectivity index (χ0) is 13.0. The van der Waals surface area contributed by atoms with E-state index in [1.165, 1.54) is 24.3 Å². The largest absolute Gasteiger partial charge is 0.394 e. The van der Waals surface area contributed by atoms with E-state index in [1.54, 1.807) is 0 Å². The molecular weight excluding hydrogens is 235 g/mol. The second-order valence-corrected chi connectivity index (χ2v) is 4.70. The number of carbonyl (C=O) groups excluding carboxylic acids is 1. The Morgan fingerprint density at radius 1 is 1.33 bits per heavy atom. The van der Waals surface area contributed by atoms with E-state index in [9.17, 15) is 14.3 Å². The SMILES string of the molecule is O=C(CNC1(CO)CCC1)Nc1ccc(F)cc1. The lowest BCUT2D eigenvalue weighted by Crippen LogP contribution is -2.55. The van der Waals surface area contributed by atoms with E-state index in [0.717, 1.165) is 19.3 Å². The van der Waals surface area contributed by atoms with Gasteiger partial charge in [-0.3, -0.25) is 4.79 Å². The summed E-state index contributed by atoms with van der Waals surface area (Å²) in [7, 11) is 0. The first kappa shape index (κ1) is 13.0. The summed E-state index contributed by atoms with van der Waals surface area (Å²) >= 11 is 0. The van der Waals surface area contributed by atoms with Crippen molar-refractivity contribution in [2.24, 2.45) is 0 Å². The molecule has 1 aromatic carbocycles. The predicted molar refractivity (Wildman–Crippen MR) is 66.7 cm³/mol. The molecule has 1 fully saturated rings. The average Bonchev–Trinajstić information content (AvgIpc) is 2.31. The van der Waals surface area contributed by atoms with Crippen molar-refractivity contribution in [3.8, 4) is 0 Å². The van der Waals surface area contributed by atoms with Gasteiger partial charge in [0, 0.05) is 11.2 Å². The van der Waals surface area contributed by atoms with Gasteiger partial charge in [0.25, 0.3) is 0 Å². The number of nitrogens with one attached hydrogen (secondary N) is 2.